The molecule has 1 unspecified atom stereocenters. The number of benzene rings is 1. The molecule has 0 aliphatic heterocycles. The number of amides is 1. The Hall–Kier alpha value is -2.36. The van der Waals surface area contributed by atoms with E-state index >= 15 is 0 Å². The lowest BCUT2D eigenvalue weighted by Crippen LogP contribution is -2.28. The molecule has 1 atom stereocenters. The molecule has 21 heavy (non-hydrogen) atoms. The van der Waals surface area contributed by atoms with Crippen LogP contribution >= 0.6 is 0 Å². The van der Waals surface area contributed by atoms with E-state index in [1.807, 2.05) is 57.2 Å². The standard InChI is InChI=1S/C17H21N3O/c1-12(2)19-16-9-5-4-8-15(16)17(21)20-13(3)14-7-6-10-18-11-14/h4-13,19H,1-3H3,(H,20,21). The average molecular weight is 283 g/mol. The maximum absolute atomic E-state index is 12.5. The summed E-state index contributed by atoms with van der Waals surface area (Å²) < 4.78 is 0. The molecule has 0 saturated heterocycles. The van der Waals surface area contributed by atoms with Crippen molar-refractivity contribution in [2.75, 3.05) is 5.32 Å². The second-order valence-electron chi connectivity index (χ2n) is 5.33. The number of aromatic nitrogens is 1. The number of para-hydroxylation sites is 1. The fourth-order valence-electron chi connectivity index (χ4n) is 2.11. The largest absolute Gasteiger partial charge is 0.382 e. The second kappa shape index (κ2) is 6.88. The lowest BCUT2D eigenvalue weighted by atomic mass is 10.1. The Morgan fingerprint density at radius 3 is 2.52 bits per heavy atom. The highest BCUT2D eigenvalue weighted by Crippen LogP contribution is 2.18. The zero-order valence-corrected chi connectivity index (χ0v) is 12.6. The number of hydrogen-bond acceptors (Lipinski definition) is 3. The summed E-state index contributed by atoms with van der Waals surface area (Å²) in [7, 11) is 0. The fourth-order valence-corrected chi connectivity index (χ4v) is 2.11. The molecule has 0 aliphatic carbocycles. The third-order valence-electron chi connectivity index (χ3n) is 3.15. The second-order valence-corrected chi connectivity index (χ2v) is 5.33. The first-order valence-corrected chi connectivity index (χ1v) is 7.14. The number of pyridine rings is 1. The molecule has 4 nitrogen and oxygen atoms in total. The Balaban J connectivity index is 2.14. The van der Waals surface area contributed by atoms with Gasteiger partial charge in [0.05, 0.1) is 11.6 Å². The number of anilines is 1. The van der Waals surface area contributed by atoms with Gasteiger partial charge in [-0.25, -0.2) is 0 Å². The minimum atomic E-state index is -0.0879. The molecule has 1 aromatic carbocycles. The summed E-state index contributed by atoms with van der Waals surface area (Å²) in [6.45, 7) is 6.05. The molecule has 2 N–H and O–H groups in total. The first-order valence-electron chi connectivity index (χ1n) is 7.14. The van der Waals surface area contributed by atoms with Crippen LogP contribution in [0, 0.1) is 0 Å². The summed E-state index contributed by atoms with van der Waals surface area (Å²) >= 11 is 0. The molecule has 0 bridgehead atoms. The van der Waals surface area contributed by atoms with Crippen LogP contribution in [-0.4, -0.2) is 16.9 Å². The first-order chi connectivity index (χ1) is 10.1. The van der Waals surface area contributed by atoms with Crippen molar-refractivity contribution in [1.29, 1.82) is 0 Å². The van der Waals surface area contributed by atoms with Crippen LogP contribution in [-0.2, 0) is 0 Å². The summed E-state index contributed by atoms with van der Waals surface area (Å²) in [5.41, 5.74) is 2.49. The van der Waals surface area contributed by atoms with E-state index < -0.39 is 0 Å². The summed E-state index contributed by atoms with van der Waals surface area (Å²) in [5.74, 6) is -0.0879. The number of rotatable bonds is 5. The topological polar surface area (TPSA) is 54.0 Å². The first kappa shape index (κ1) is 15.0. The van der Waals surface area contributed by atoms with E-state index in [0.29, 0.717) is 5.56 Å². The predicted molar refractivity (Wildman–Crippen MR) is 85.3 cm³/mol. The lowest BCUT2D eigenvalue weighted by molar-refractivity contribution is 0.0940. The van der Waals surface area contributed by atoms with Crippen molar-refractivity contribution in [3.05, 3.63) is 59.9 Å². The van der Waals surface area contributed by atoms with Crippen LogP contribution in [0.25, 0.3) is 0 Å². The quantitative estimate of drug-likeness (QED) is 0.884. The van der Waals surface area contributed by atoms with Crippen LogP contribution in [0.5, 0.6) is 0 Å². The monoisotopic (exact) mass is 283 g/mol. The van der Waals surface area contributed by atoms with Gasteiger partial charge < -0.3 is 10.6 Å². The SMILES string of the molecule is CC(C)Nc1ccccc1C(=O)NC(C)c1cccnc1. The van der Waals surface area contributed by atoms with E-state index in [1.54, 1.807) is 12.4 Å². The number of nitrogens with zero attached hydrogens (tertiary/aromatic N) is 1. The van der Waals surface area contributed by atoms with E-state index in [2.05, 4.69) is 15.6 Å². The molecule has 0 fully saturated rings. The predicted octanol–water partition coefficient (Wildman–Crippen LogP) is 3.39. The number of nitrogens with one attached hydrogen (secondary N) is 2. The van der Waals surface area contributed by atoms with Gasteiger partial charge in [-0.3, -0.25) is 9.78 Å². The van der Waals surface area contributed by atoms with Gasteiger partial charge in [-0.1, -0.05) is 18.2 Å². The Bertz CT molecular complexity index is 596. The van der Waals surface area contributed by atoms with Crippen molar-refractivity contribution in [3.63, 3.8) is 0 Å². The molecule has 1 amide bonds. The Morgan fingerprint density at radius 1 is 1.10 bits per heavy atom. The zero-order valence-electron chi connectivity index (χ0n) is 12.6. The van der Waals surface area contributed by atoms with E-state index in [9.17, 15) is 4.79 Å². The third-order valence-corrected chi connectivity index (χ3v) is 3.15. The molecule has 1 heterocycles. The van der Waals surface area contributed by atoms with Gasteiger partial charge in [0.15, 0.2) is 0 Å². The highest BCUT2D eigenvalue weighted by atomic mass is 16.1. The third kappa shape index (κ3) is 4.05. The molecule has 2 rings (SSSR count). The van der Waals surface area contributed by atoms with Crippen LogP contribution in [0.1, 0.15) is 42.7 Å². The summed E-state index contributed by atoms with van der Waals surface area (Å²) in [4.78, 5) is 16.5. The molecule has 2 aromatic rings. The Labute approximate surface area is 125 Å². The Morgan fingerprint density at radius 2 is 1.86 bits per heavy atom. The van der Waals surface area contributed by atoms with Gasteiger partial charge in [0.25, 0.3) is 5.91 Å². The molecule has 0 spiro atoms. The molecule has 0 saturated carbocycles. The molecule has 0 radical (unpaired) electrons. The van der Waals surface area contributed by atoms with E-state index in [1.165, 1.54) is 0 Å². The van der Waals surface area contributed by atoms with Gasteiger partial charge >= 0.3 is 0 Å². The maximum atomic E-state index is 12.5. The molecule has 4 heteroatoms. The highest BCUT2D eigenvalue weighted by molar-refractivity contribution is 5.99. The molecule has 1 aromatic heterocycles. The number of carbonyl (C=O) groups is 1. The van der Waals surface area contributed by atoms with Crippen LogP contribution < -0.4 is 10.6 Å². The van der Waals surface area contributed by atoms with Gasteiger partial charge in [-0.15, -0.1) is 0 Å². The van der Waals surface area contributed by atoms with Crippen molar-refractivity contribution >= 4 is 11.6 Å². The molecule has 110 valence electrons. The van der Waals surface area contributed by atoms with Crippen LogP contribution in [0.3, 0.4) is 0 Å². The highest BCUT2D eigenvalue weighted by Gasteiger charge is 2.14. The van der Waals surface area contributed by atoms with Crippen LogP contribution in [0.15, 0.2) is 48.8 Å². The van der Waals surface area contributed by atoms with Crippen LogP contribution in [0.2, 0.25) is 0 Å². The minimum absolute atomic E-state index is 0.0849. The zero-order chi connectivity index (χ0) is 15.2. The van der Waals surface area contributed by atoms with Gasteiger partial charge in [-0.05, 0) is 44.5 Å². The summed E-state index contributed by atoms with van der Waals surface area (Å²) in [5, 5.41) is 6.30. The van der Waals surface area contributed by atoms with Gasteiger partial charge in [-0.2, -0.15) is 0 Å². The van der Waals surface area contributed by atoms with E-state index in [-0.39, 0.29) is 18.0 Å². The summed E-state index contributed by atoms with van der Waals surface area (Å²) in [6, 6.07) is 11.6. The Kier molecular flexibility index (Phi) is 4.93. The van der Waals surface area contributed by atoms with Crippen molar-refractivity contribution in [2.24, 2.45) is 0 Å². The fraction of sp³-hybridized carbons (Fsp3) is 0.294. The van der Waals surface area contributed by atoms with Gasteiger partial charge in [0, 0.05) is 24.1 Å². The van der Waals surface area contributed by atoms with E-state index in [0.717, 1.165) is 11.3 Å². The normalized spacial score (nSPS) is 12.0. The maximum Gasteiger partial charge on any atom is 0.253 e. The van der Waals surface area contributed by atoms with Gasteiger partial charge in [0.1, 0.15) is 0 Å². The van der Waals surface area contributed by atoms with Gasteiger partial charge in [0.2, 0.25) is 0 Å². The molecular weight excluding hydrogens is 262 g/mol. The minimum Gasteiger partial charge on any atom is -0.382 e. The van der Waals surface area contributed by atoms with Crippen molar-refractivity contribution < 1.29 is 4.79 Å². The van der Waals surface area contributed by atoms with Crippen molar-refractivity contribution in [2.45, 2.75) is 32.9 Å². The van der Waals surface area contributed by atoms with Crippen LogP contribution in [0.4, 0.5) is 5.69 Å². The molecular formula is C17H21N3O. The lowest BCUT2D eigenvalue weighted by Gasteiger charge is -2.17. The summed E-state index contributed by atoms with van der Waals surface area (Å²) in [6.07, 6.45) is 3.49. The number of hydrogen-bond donors (Lipinski definition) is 2. The number of carbonyl (C=O) groups excluding carboxylic acids is 1. The van der Waals surface area contributed by atoms with E-state index in [4.69, 9.17) is 0 Å². The molecule has 0 aliphatic rings. The van der Waals surface area contributed by atoms with Crippen molar-refractivity contribution in [3.8, 4) is 0 Å². The smallest absolute Gasteiger partial charge is 0.253 e. The van der Waals surface area contributed by atoms with Crippen molar-refractivity contribution in [1.82, 2.24) is 10.3 Å². The average Bonchev–Trinajstić information content (AvgIpc) is 2.48.